The number of benzene rings is 9. The summed E-state index contributed by atoms with van der Waals surface area (Å²) in [5.74, 6) is 2.39. The molecule has 0 unspecified atom stereocenters. The van der Waals surface area contributed by atoms with Crippen LogP contribution in [0.4, 0.5) is 34.1 Å². The van der Waals surface area contributed by atoms with E-state index < -0.39 is 8.07 Å². The van der Waals surface area contributed by atoms with Crippen LogP contribution in [0.2, 0.25) is 0 Å². The van der Waals surface area contributed by atoms with Crippen molar-refractivity contribution in [1.82, 2.24) is 9.97 Å². The largest absolute Gasteiger partial charge is 0.453 e. The van der Waals surface area contributed by atoms with E-state index in [-0.39, 0.29) is 0 Å². The van der Waals surface area contributed by atoms with Crippen molar-refractivity contribution in [3.8, 4) is 34.4 Å². The molecular formula is C56H36N4O3Si. The molecule has 9 aromatic carbocycles. The second-order valence-electron chi connectivity index (χ2n) is 16.0. The zero-order valence-corrected chi connectivity index (χ0v) is 35.3. The zero-order chi connectivity index (χ0) is 42.2. The average Bonchev–Trinajstić information content (AvgIpc) is 4.02. The van der Waals surface area contributed by atoms with Crippen LogP contribution in [0.15, 0.2) is 227 Å². The van der Waals surface area contributed by atoms with Gasteiger partial charge in [0.25, 0.3) is 0 Å². The molecule has 0 spiro atoms. The summed E-state index contributed by atoms with van der Waals surface area (Å²) in [6.45, 7) is 0. The van der Waals surface area contributed by atoms with Gasteiger partial charge in [0.1, 0.15) is 22.4 Å². The molecule has 7 nitrogen and oxygen atoms in total. The maximum atomic E-state index is 7.24. The van der Waals surface area contributed by atoms with Crippen molar-refractivity contribution < 1.29 is 13.6 Å². The summed E-state index contributed by atoms with van der Waals surface area (Å²) in [6, 6.07) is 76.1. The van der Waals surface area contributed by atoms with E-state index in [0.717, 1.165) is 39.6 Å². The van der Waals surface area contributed by atoms with Crippen LogP contribution in [0.5, 0.6) is 11.5 Å². The molecule has 0 bridgehead atoms. The van der Waals surface area contributed by atoms with Gasteiger partial charge in [-0.1, -0.05) is 158 Å². The van der Waals surface area contributed by atoms with Crippen molar-refractivity contribution in [2.24, 2.45) is 0 Å². The van der Waals surface area contributed by atoms with Crippen LogP contribution in [0.25, 0.3) is 45.1 Å². The Morgan fingerprint density at radius 1 is 0.344 bits per heavy atom. The molecule has 0 radical (unpaired) electrons. The van der Waals surface area contributed by atoms with E-state index in [4.69, 9.17) is 23.5 Å². The van der Waals surface area contributed by atoms with E-state index in [9.17, 15) is 0 Å². The molecule has 11 aromatic rings. The smallest absolute Gasteiger partial charge is 0.227 e. The van der Waals surface area contributed by atoms with Crippen molar-refractivity contribution >= 4 is 85.1 Å². The number of hydrogen-bond donors (Lipinski definition) is 0. The van der Waals surface area contributed by atoms with Gasteiger partial charge in [-0.3, -0.25) is 4.90 Å². The number of para-hydroxylation sites is 6. The lowest BCUT2D eigenvalue weighted by molar-refractivity contribution is 0.477. The van der Waals surface area contributed by atoms with Crippen LogP contribution in [0, 0.1) is 0 Å². The van der Waals surface area contributed by atoms with Gasteiger partial charge >= 0.3 is 0 Å². The van der Waals surface area contributed by atoms with Gasteiger partial charge in [0, 0.05) is 22.5 Å². The molecule has 2 aliphatic rings. The Hall–Kier alpha value is -8.46. The van der Waals surface area contributed by atoms with E-state index in [1.54, 1.807) is 0 Å². The van der Waals surface area contributed by atoms with Gasteiger partial charge in [0.15, 0.2) is 30.7 Å². The lowest BCUT2D eigenvalue weighted by Crippen LogP contribution is -2.77. The molecular weight excluding hydrogens is 805 g/mol. The van der Waals surface area contributed by atoms with Gasteiger partial charge in [0.05, 0.1) is 11.4 Å². The van der Waals surface area contributed by atoms with Crippen LogP contribution in [0.1, 0.15) is 0 Å². The molecule has 0 saturated carbocycles. The lowest BCUT2D eigenvalue weighted by Gasteiger charge is -2.45. The average molecular weight is 841 g/mol. The first-order chi connectivity index (χ1) is 31.8. The molecule has 4 heterocycles. The highest BCUT2D eigenvalue weighted by Crippen LogP contribution is 2.57. The number of aromatic nitrogens is 2. The van der Waals surface area contributed by atoms with Gasteiger partial charge in [0.2, 0.25) is 11.8 Å². The van der Waals surface area contributed by atoms with E-state index >= 15 is 0 Å². The fourth-order valence-corrected chi connectivity index (χ4v) is 15.0. The van der Waals surface area contributed by atoms with Crippen LogP contribution >= 0.6 is 0 Å². The van der Waals surface area contributed by atoms with Crippen molar-refractivity contribution in [3.63, 3.8) is 0 Å². The van der Waals surface area contributed by atoms with Crippen LogP contribution in [-0.4, -0.2) is 18.0 Å². The highest BCUT2D eigenvalue weighted by Gasteiger charge is 2.50. The number of fused-ring (bicyclic) bond motifs is 6. The van der Waals surface area contributed by atoms with E-state index in [1.165, 1.54) is 20.7 Å². The van der Waals surface area contributed by atoms with Crippen molar-refractivity contribution in [2.45, 2.75) is 0 Å². The Morgan fingerprint density at radius 2 is 0.688 bits per heavy atom. The second-order valence-corrected chi connectivity index (χ2v) is 19.8. The van der Waals surface area contributed by atoms with E-state index in [2.05, 4.69) is 131 Å². The first-order valence-electron chi connectivity index (χ1n) is 21.4. The summed E-state index contributed by atoms with van der Waals surface area (Å²) < 4.78 is 21.0. The fourth-order valence-electron chi connectivity index (χ4n) is 9.92. The Bertz CT molecular complexity index is 3330. The maximum Gasteiger partial charge on any atom is 0.227 e. The van der Waals surface area contributed by atoms with Gasteiger partial charge in [-0.05, 0) is 81.4 Å². The SMILES string of the molecule is c1ccc(-c2nc3c(N4c5ccccc5[Si](c5ccccc5)(c5ccccc5)c5ccccc54)c4oc(-c5ccccc5)nc4c(N4c5ccccc5Oc5ccccc54)c3o2)cc1. The summed E-state index contributed by atoms with van der Waals surface area (Å²) in [7, 11) is -2.95. The molecule has 0 fully saturated rings. The standard InChI is InChI=1S/C56H36N4O3Si/c1-5-21-37(22-6-1)55-57-49-51(59-41-29-13-17-33-45(41)61-46-34-18-14-30-42(46)59)53-50(58-56(62-53)38-23-7-2-8-24-38)52(54(49)63-55)60-43-31-15-19-35-47(43)64(39-25-9-3-10-26-39,40-27-11-4-12-28-40)48-36-20-16-32-44(48)60/h1-36H. The molecule has 2 aliphatic heterocycles. The molecule has 64 heavy (non-hydrogen) atoms. The third kappa shape index (κ3) is 5.26. The minimum absolute atomic E-state index is 0.486. The maximum absolute atomic E-state index is 7.24. The summed E-state index contributed by atoms with van der Waals surface area (Å²) in [4.78, 5) is 15.5. The molecule has 0 saturated heterocycles. The Morgan fingerprint density at radius 3 is 1.12 bits per heavy atom. The summed E-state index contributed by atoms with van der Waals surface area (Å²) in [6.07, 6.45) is 0. The molecule has 0 atom stereocenters. The predicted molar refractivity (Wildman–Crippen MR) is 259 cm³/mol. The quantitative estimate of drug-likeness (QED) is 0.154. The van der Waals surface area contributed by atoms with E-state index in [0.29, 0.717) is 51.2 Å². The Balaban J connectivity index is 1.20. The number of rotatable bonds is 6. The van der Waals surface area contributed by atoms with Crippen molar-refractivity contribution in [1.29, 1.82) is 0 Å². The fraction of sp³-hybridized carbons (Fsp3) is 0. The number of anilines is 6. The van der Waals surface area contributed by atoms with Crippen molar-refractivity contribution in [3.05, 3.63) is 218 Å². The van der Waals surface area contributed by atoms with E-state index in [1.807, 2.05) is 97.1 Å². The van der Waals surface area contributed by atoms with Crippen LogP contribution in [-0.2, 0) is 0 Å². The molecule has 2 aromatic heterocycles. The predicted octanol–water partition coefficient (Wildman–Crippen LogP) is 12.0. The monoisotopic (exact) mass is 840 g/mol. The zero-order valence-electron chi connectivity index (χ0n) is 34.3. The second kappa shape index (κ2) is 14.3. The van der Waals surface area contributed by atoms with Crippen molar-refractivity contribution in [2.75, 3.05) is 9.80 Å². The highest BCUT2D eigenvalue weighted by atomic mass is 28.3. The molecule has 0 amide bonds. The summed E-state index contributed by atoms with van der Waals surface area (Å²) in [5.41, 5.74) is 9.32. The Kier molecular flexibility index (Phi) is 8.09. The van der Waals surface area contributed by atoms with Crippen LogP contribution < -0.4 is 35.3 Å². The lowest BCUT2D eigenvalue weighted by atomic mass is 10.1. The summed E-state index contributed by atoms with van der Waals surface area (Å²) >= 11 is 0. The van der Waals surface area contributed by atoms with Gasteiger partial charge in [-0.25, -0.2) is 9.97 Å². The molecule has 8 heteroatoms. The summed E-state index contributed by atoms with van der Waals surface area (Å²) in [5, 5.41) is 5.11. The van der Waals surface area contributed by atoms with Gasteiger partial charge in [-0.2, -0.15) is 0 Å². The number of hydrogen-bond acceptors (Lipinski definition) is 7. The minimum atomic E-state index is -2.95. The third-order valence-corrected chi connectivity index (χ3v) is 17.4. The number of ether oxygens (including phenoxy) is 1. The van der Waals surface area contributed by atoms with Gasteiger partial charge < -0.3 is 18.5 Å². The molecule has 0 aliphatic carbocycles. The number of oxazole rings is 2. The van der Waals surface area contributed by atoms with Gasteiger partial charge in [-0.15, -0.1) is 0 Å². The first-order valence-corrected chi connectivity index (χ1v) is 23.4. The normalized spacial score (nSPS) is 13.5. The first kappa shape index (κ1) is 36.2. The molecule has 0 N–H and O–H groups in total. The number of nitrogens with zero attached hydrogens (tertiary/aromatic N) is 4. The topological polar surface area (TPSA) is 67.8 Å². The Labute approximate surface area is 369 Å². The molecule has 302 valence electrons. The molecule has 13 rings (SSSR count). The van der Waals surface area contributed by atoms with Crippen LogP contribution in [0.3, 0.4) is 0 Å². The minimum Gasteiger partial charge on any atom is -0.453 e. The third-order valence-electron chi connectivity index (χ3n) is 12.6. The highest BCUT2D eigenvalue weighted by molar-refractivity contribution is 7.21.